The molecule has 0 atom stereocenters. The molecule has 0 radical (unpaired) electrons. The van der Waals surface area contributed by atoms with E-state index < -0.39 is 0 Å². The number of likely N-dealkylation sites (tertiary alicyclic amines) is 1. The van der Waals surface area contributed by atoms with Crippen molar-refractivity contribution in [2.24, 2.45) is 0 Å². The molecule has 1 aliphatic heterocycles. The van der Waals surface area contributed by atoms with Crippen molar-refractivity contribution in [2.75, 3.05) is 31.1 Å². The van der Waals surface area contributed by atoms with E-state index >= 15 is 0 Å². The fourth-order valence-electron chi connectivity index (χ4n) is 2.21. The van der Waals surface area contributed by atoms with Crippen molar-refractivity contribution in [2.45, 2.75) is 20.0 Å². The number of rotatable bonds is 4. The summed E-state index contributed by atoms with van der Waals surface area (Å²) in [5.41, 5.74) is 1.83. The third-order valence-electron chi connectivity index (χ3n) is 3.39. The van der Waals surface area contributed by atoms with E-state index in [1.54, 1.807) is 4.90 Å². The fraction of sp³-hybridized carbons (Fsp3) is 0.500. The molecule has 1 amide bonds. The van der Waals surface area contributed by atoms with Crippen LogP contribution in [-0.4, -0.2) is 48.2 Å². The lowest BCUT2D eigenvalue weighted by Crippen LogP contribution is -2.53. The highest BCUT2D eigenvalue weighted by Gasteiger charge is 2.29. The van der Waals surface area contributed by atoms with Gasteiger partial charge in [-0.3, -0.25) is 4.79 Å². The van der Waals surface area contributed by atoms with Crippen LogP contribution in [0.3, 0.4) is 0 Å². The summed E-state index contributed by atoms with van der Waals surface area (Å²) in [4.78, 5) is 15.9. The van der Waals surface area contributed by atoms with Crippen LogP contribution in [0.4, 0.5) is 5.69 Å². The molecule has 1 aromatic carbocycles. The number of carbonyl (C=O) groups is 1. The molecule has 1 aliphatic rings. The van der Waals surface area contributed by atoms with Crippen molar-refractivity contribution in [3.05, 3.63) is 29.8 Å². The van der Waals surface area contributed by atoms with Crippen LogP contribution in [0.2, 0.25) is 0 Å². The first-order valence-electron chi connectivity index (χ1n) is 6.48. The fourth-order valence-corrected chi connectivity index (χ4v) is 2.21. The third kappa shape index (κ3) is 2.48. The standard InChI is InChI=1S/C14H20N2O2/c1-3-15(4-2)12-7-5-11(6-8-12)14(18)16-9-13(17)10-16/h5-8,13,17H,3-4,9-10H2,1-2H3. The maximum atomic E-state index is 12.0. The lowest BCUT2D eigenvalue weighted by Gasteiger charge is -2.35. The summed E-state index contributed by atoms with van der Waals surface area (Å²) >= 11 is 0. The van der Waals surface area contributed by atoms with Gasteiger partial charge in [0.25, 0.3) is 5.91 Å². The van der Waals surface area contributed by atoms with Gasteiger partial charge in [0.1, 0.15) is 0 Å². The van der Waals surface area contributed by atoms with Gasteiger partial charge in [-0.25, -0.2) is 0 Å². The smallest absolute Gasteiger partial charge is 0.254 e. The number of amides is 1. The molecule has 0 unspecified atom stereocenters. The summed E-state index contributed by atoms with van der Waals surface area (Å²) < 4.78 is 0. The topological polar surface area (TPSA) is 43.8 Å². The molecular formula is C14H20N2O2. The van der Waals surface area contributed by atoms with Gasteiger partial charge in [0.2, 0.25) is 0 Å². The Balaban J connectivity index is 2.05. The second-order valence-corrected chi connectivity index (χ2v) is 4.58. The zero-order chi connectivity index (χ0) is 13.1. The number of carbonyl (C=O) groups excluding carboxylic acids is 1. The number of hydrogen-bond acceptors (Lipinski definition) is 3. The highest BCUT2D eigenvalue weighted by Crippen LogP contribution is 2.18. The van der Waals surface area contributed by atoms with Crippen LogP contribution in [0.25, 0.3) is 0 Å². The maximum Gasteiger partial charge on any atom is 0.254 e. The largest absolute Gasteiger partial charge is 0.389 e. The van der Waals surface area contributed by atoms with Gasteiger partial charge in [-0.15, -0.1) is 0 Å². The molecule has 4 nitrogen and oxygen atoms in total. The Hall–Kier alpha value is -1.55. The van der Waals surface area contributed by atoms with Gasteiger partial charge in [0.15, 0.2) is 0 Å². The van der Waals surface area contributed by atoms with Crippen LogP contribution in [0.1, 0.15) is 24.2 Å². The van der Waals surface area contributed by atoms with Crippen molar-refractivity contribution in [3.8, 4) is 0 Å². The molecule has 1 heterocycles. The number of aliphatic hydroxyl groups is 1. The minimum Gasteiger partial charge on any atom is -0.389 e. The van der Waals surface area contributed by atoms with Crippen LogP contribution >= 0.6 is 0 Å². The Labute approximate surface area is 108 Å². The molecule has 0 aromatic heterocycles. The molecular weight excluding hydrogens is 228 g/mol. The van der Waals surface area contributed by atoms with E-state index in [0.29, 0.717) is 18.7 Å². The van der Waals surface area contributed by atoms with Crippen molar-refractivity contribution >= 4 is 11.6 Å². The van der Waals surface area contributed by atoms with Gasteiger partial charge in [0.05, 0.1) is 6.10 Å². The van der Waals surface area contributed by atoms with Gasteiger partial charge in [-0.1, -0.05) is 0 Å². The molecule has 1 saturated heterocycles. The summed E-state index contributed by atoms with van der Waals surface area (Å²) in [6.07, 6.45) is -0.344. The minimum atomic E-state index is -0.344. The van der Waals surface area contributed by atoms with Crippen LogP contribution < -0.4 is 4.90 Å². The van der Waals surface area contributed by atoms with Gasteiger partial charge >= 0.3 is 0 Å². The number of nitrogens with zero attached hydrogens (tertiary/aromatic N) is 2. The minimum absolute atomic E-state index is 0.00592. The molecule has 2 rings (SSSR count). The Morgan fingerprint density at radius 2 is 1.83 bits per heavy atom. The molecule has 1 aromatic rings. The lowest BCUT2D eigenvalue weighted by atomic mass is 10.1. The maximum absolute atomic E-state index is 12.0. The van der Waals surface area contributed by atoms with Gasteiger partial charge in [-0.2, -0.15) is 0 Å². The summed E-state index contributed by atoms with van der Waals surface area (Å²) in [7, 11) is 0. The molecule has 98 valence electrons. The molecule has 4 heteroatoms. The third-order valence-corrected chi connectivity index (χ3v) is 3.39. The van der Waals surface area contributed by atoms with Crippen LogP contribution in [-0.2, 0) is 0 Å². The van der Waals surface area contributed by atoms with E-state index in [-0.39, 0.29) is 12.0 Å². The SMILES string of the molecule is CCN(CC)c1ccc(C(=O)N2CC(O)C2)cc1. The summed E-state index contributed by atoms with van der Waals surface area (Å²) in [5, 5.41) is 9.19. The van der Waals surface area contributed by atoms with Crippen molar-refractivity contribution in [1.82, 2.24) is 4.90 Å². The van der Waals surface area contributed by atoms with Crippen LogP contribution in [0.5, 0.6) is 0 Å². The summed E-state index contributed by atoms with van der Waals surface area (Å²) in [6.45, 7) is 7.06. The first kappa shape index (κ1) is 12.9. The van der Waals surface area contributed by atoms with Crippen molar-refractivity contribution < 1.29 is 9.90 Å². The molecule has 1 N–H and O–H groups in total. The second-order valence-electron chi connectivity index (χ2n) is 4.58. The Bertz CT molecular complexity index is 406. The van der Waals surface area contributed by atoms with E-state index in [1.807, 2.05) is 24.3 Å². The van der Waals surface area contributed by atoms with Crippen molar-refractivity contribution in [3.63, 3.8) is 0 Å². The van der Waals surface area contributed by atoms with E-state index in [0.717, 1.165) is 18.8 Å². The van der Waals surface area contributed by atoms with E-state index in [4.69, 9.17) is 0 Å². The number of β-amino-alcohol motifs (C(OH)–C–C–N with tert-alkyl or cyclic N) is 1. The van der Waals surface area contributed by atoms with Crippen LogP contribution in [0, 0.1) is 0 Å². The second kappa shape index (κ2) is 5.40. The molecule has 18 heavy (non-hydrogen) atoms. The molecule has 0 saturated carbocycles. The number of anilines is 1. The average molecular weight is 248 g/mol. The molecule has 0 aliphatic carbocycles. The highest BCUT2D eigenvalue weighted by molar-refractivity contribution is 5.95. The van der Waals surface area contributed by atoms with Gasteiger partial charge in [0, 0.05) is 37.4 Å². The number of hydrogen-bond donors (Lipinski definition) is 1. The van der Waals surface area contributed by atoms with Gasteiger partial charge < -0.3 is 14.9 Å². The Kier molecular flexibility index (Phi) is 3.87. The van der Waals surface area contributed by atoms with Crippen molar-refractivity contribution in [1.29, 1.82) is 0 Å². The monoisotopic (exact) mass is 248 g/mol. The van der Waals surface area contributed by atoms with E-state index in [1.165, 1.54) is 0 Å². The average Bonchev–Trinajstić information content (AvgIpc) is 2.36. The molecule has 0 spiro atoms. The first-order valence-corrected chi connectivity index (χ1v) is 6.48. The summed E-state index contributed by atoms with van der Waals surface area (Å²) in [6, 6.07) is 7.69. The summed E-state index contributed by atoms with van der Waals surface area (Å²) in [5.74, 6) is 0.00592. The predicted molar refractivity (Wildman–Crippen MR) is 71.9 cm³/mol. The van der Waals surface area contributed by atoms with E-state index in [2.05, 4.69) is 18.7 Å². The van der Waals surface area contributed by atoms with Crippen LogP contribution in [0.15, 0.2) is 24.3 Å². The highest BCUT2D eigenvalue weighted by atomic mass is 16.3. The molecule has 1 fully saturated rings. The zero-order valence-electron chi connectivity index (χ0n) is 11.0. The Morgan fingerprint density at radius 3 is 2.28 bits per heavy atom. The predicted octanol–water partition coefficient (Wildman–Crippen LogP) is 1.35. The zero-order valence-corrected chi connectivity index (χ0v) is 11.0. The molecule has 0 bridgehead atoms. The number of benzene rings is 1. The normalized spacial score (nSPS) is 15.4. The van der Waals surface area contributed by atoms with E-state index in [9.17, 15) is 9.90 Å². The Morgan fingerprint density at radius 1 is 1.28 bits per heavy atom. The quantitative estimate of drug-likeness (QED) is 0.874. The van der Waals surface area contributed by atoms with Gasteiger partial charge in [-0.05, 0) is 38.1 Å². The number of aliphatic hydroxyl groups excluding tert-OH is 1. The lowest BCUT2D eigenvalue weighted by molar-refractivity contribution is 0.00590. The first-order chi connectivity index (χ1) is 8.65.